The normalized spacial score (nSPS) is 29.3. The number of aliphatic hydroxyl groups is 2. The van der Waals surface area contributed by atoms with Gasteiger partial charge in [-0.3, -0.25) is 5.32 Å². The maximum absolute atomic E-state index is 10.5. The van der Waals surface area contributed by atoms with E-state index in [0.29, 0.717) is 18.3 Å². The Labute approximate surface area is 167 Å². The van der Waals surface area contributed by atoms with Gasteiger partial charge in [-0.05, 0) is 36.2 Å². The fraction of sp³-hybridized carbons (Fsp3) is 0.417. The van der Waals surface area contributed by atoms with Crippen molar-refractivity contribution in [1.82, 2.24) is 10.2 Å². The summed E-state index contributed by atoms with van der Waals surface area (Å²) in [5.74, 6) is 6.87. The van der Waals surface area contributed by atoms with E-state index in [1.54, 1.807) is 0 Å². The van der Waals surface area contributed by atoms with Gasteiger partial charge in [0.25, 0.3) is 0 Å². The summed E-state index contributed by atoms with van der Waals surface area (Å²) in [4.78, 5) is 2.38. The lowest BCUT2D eigenvalue weighted by molar-refractivity contribution is 0.129. The molecule has 0 saturated carbocycles. The van der Waals surface area contributed by atoms with Crippen LogP contribution in [0.2, 0.25) is 0 Å². The summed E-state index contributed by atoms with van der Waals surface area (Å²) < 4.78 is 0. The first-order chi connectivity index (χ1) is 13.7. The van der Waals surface area contributed by atoms with Gasteiger partial charge in [-0.1, -0.05) is 54.3 Å². The SMILES string of the molecule is CN1C[C@H]2[C@@H](C1)[C@](CO)(c1ccccc1)N[C@H]2c1ccc(C#CCCO)cc1. The summed E-state index contributed by atoms with van der Waals surface area (Å²) in [6.07, 6.45) is 0.498. The molecular formula is C24H28N2O2. The van der Waals surface area contributed by atoms with Crippen LogP contribution in [0.4, 0.5) is 0 Å². The molecule has 0 bridgehead atoms. The van der Waals surface area contributed by atoms with Crippen LogP contribution in [0.5, 0.6) is 0 Å². The molecule has 2 aromatic carbocycles. The Balaban J connectivity index is 1.66. The number of nitrogens with zero attached hydrogens (tertiary/aromatic N) is 1. The van der Waals surface area contributed by atoms with Crippen LogP contribution >= 0.6 is 0 Å². The monoisotopic (exact) mass is 376 g/mol. The first-order valence-corrected chi connectivity index (χ1v) is 10.0. The van der Waals surface area contributed by atoms with Crippen molar-refractivity contribution in [3.63, 3.8) is 0 Å². The van der Waals surface area contributed by atoms with Gasteiger partial charge in [-0.25, -0.2) is 0 Å². The van der Waals surface area contributed by atoms with Crippen molar-refractivity contribution in [2.75, 3.05) is 33.4 Å². The molecule has 4 nitrogen and oxygen atoms in total. The average Bonchev–Trinajstić information content (AvgIpc) is 3.26. The van der Waals surface area contributed by atoms with Crippen LogP contribution in [0.15, 0.2) is 54.6 Å². The molecule has 146 valence electrons. The highest BCUT2D eigenvalue weighted by Gasteiger charge is 2.56. The van der Waals surface area contributed by atoms with Crippen LogP contribution in [0.1, 0.15) is 29.2 Å². The van der Waals surface area contributed by atoms with Gasteiger partial charge in [-0.15, -0.1) is 0 Å². The van der Waals surface area contributed by atoms with E-state index in [-0.39, 0.29) is 19.3 Å². The van der Waals surface area contributed by atoms with Gasteiger partial charge in [0.2, 0.25) is 0 Å². The molecule has 2 aliphatic heterocycles. The van der Waals surface area contributed by atoms with E-state index >= 15 is 0 Å². The molecule has 3 N–H and O–H groups in total. The number of aliphatic hydroxyl groups excluding tert-OH is 2. The quantitative estimate of drug-likeness (QED) is 0.716. The minimum absolute atomic E-state index is 0.0905. The highest BCUT2D eigenvalue weighted by molar-refractivity contribution is 5.39. The molecule has 4 heteroatoms. The number of nitrogens with one attached hydrogen (secondary N) is 1. The maximum atomic E-state index is 10.5. The molecular weight excluding hydrogens is 348 g/mol. The number of hydrogen-bond donors (Lipinski definition) is 3. The summed E-state index contributed by atoms with van der Waals surface area (Å²) in [5, 5.41) is 23.2. The van der Waals surface area contributed by atoms with Crippen LogP contribution in [0.25, 0.3) is 0 Å². The van der Waals surface area contributed by atoms with Crippen LogP contribution in [-0.2, 0) is 5.54 Å². The molecule has 2 saturated heterocycles. The second kappa shape index (κ2) is 8.06. The fourth-order valence-electron chi connectivity index (χ4n) is 5.00. The zero-order valence-corrected chi connectivity index (χ0v) is 16.3. The van der Waals surface area contributed by atoms with Crippen LogP contribution in [0.3, 0.4) is 0 Å². The molecule has 0 aliphatic carbocycles. The van der Waals surface area contributed by atoms with Gasteiger partial charge in [0.1, 0.15) is 0 Å². The molecule has 28 heavy (non-hydrogen) atoms. The Bertz CT molecular complexity index is 856. The fourth-order valence-corrected chi connectivity index (χ4v) is 5.00. The molecule has 0 amide bonds. The highest BCUT2D eigenvalue weighted by Crippen LogP contribution is 2.51. The molecule has 0 unspecified atom stereocenters. The van der Waals surface area contributed by atoms with Crippen molar-refractivity contribution in [3.8, 4) is 11.8 Å². The molecule has 2 fully saturated rings. The van der Waals surface area contributed by atoms with Crippen molar-refractivity contribution in [2.45, 2.75) is 18.0 Å². The Hall–Kier alpha value is -2.16. The zero-order chi connectivity index (χ0) is 19.6. The molecule has 2 aliphatic rings. The van der Waals surface area contributed by atoms with Crippen molar-refractivity contribution < 1.29 is 10.2 Å². The Morgan fingerprint density at radius 2 is 1.82 bits per heavy atom. The van der Waals surface area contributed by atoms with Crippen LogP contribution in [0, 0.1) is 23.7 Å². The Morgan fingerprint density at radius 3 is 2.50 bits per heavy atom. The maximum Gasteiger partial charge on any atom is 0.0718 e. The topological polar surface area (TPSA) is 55.7 Å². The first kappa shape index (κ1) is 19.2. The van der Waals surface area contributed by atoms with Gasteiger partial charge >= 0.3 is 0 Å². The molecule has 2 aromatic rings. The molecule has 4 rings (SSSR count). The lowest BCUT2D eigenvalue weighted by Gasteiger charge is -2.35. The van der Waals surface area contributed by atoms with E-state index in [1.807, 2.05) is 6.07 Å². The van der Waals surface area contributed by atoms with Gasteiger partial charge < -0.3 is 15.1 Å². The summed E-state index contributed by atoms with van der Waals surface area (Å²) in [5.41, 5.74) is 2.95. The van der Waals surface area contributed by atoms with E-state index in [0.717, 1.165) is 24.2 Å². The van der Waals surface area contributed by atoms with E-state index in [1.165, 1.54) is 5.56 Å². The second-order valence-electron chi connectivity index (χ2n) is 8.01. The first-order valence-electron chi connectivity index (χ1n) is 10.0. The van der Waals surface area contributed by atoms with Crippen LogP contribution < -0.4 is 5.32 Å². The molecule has 0 aromatic heterocycles. The van der Waals surface area contributed by atoms with E-state index in [4.69, 9.17) is 5.11 Å². The van der Waals surface area contributed by atoms with E-state index in [2.05, 4.69) is 77.6 Å². The smallest absolute Gasteiger partial charge is 0.0718 e. The number of rotatable bonds is 4. The summed E-state index contributed by atoms with van der Waals surface area (Å²) in [6, 6.07) is 19.0. The Kier molecular flexibility index (Phi) is 5.52. The van der Waals surface area contributed by atoms with E-state index in [9.17, 15) is 5.11 Å². The van der Waals surface area contributed by atoms with Crippen LogP contribution in [-0.4, -0.2) is 48.5 Å². The number of fused-ring (bicyclic) bond motifs is 1. The third kappa shape index (κ3) is 3.36. The largest absolute Gasteiger partial charge is 0.395 e. The van der Waals surface area contributed by atoms with Gasteiger partial charge in [-0.2, -0.15) is 0 Å². The van der Waals surface area contributed by atoms with E-state index < -0.39 is 5.54 Å². The van der Waals surface area contributed by atoms with Crippen molar-refractivity contribution >= 4 is 0 Å². The predicted octanol–water partition coefficient (Wildman–Crippen LogP) is 2.13. The minimum Gasteiger partial charge on any atom is -0.395 e. The standard InChI is InChI=1S/C24H28N2O2/c1-26-15-21-22(16-26)24(17-28,20-8-3-2-4-9-20)25-23(21)19-12-10-18(11-13-19)7-5-6-14-27/h2-4,8-13,21-23,25,27-28H,6,14-17H2,1H3/t21-,22+,23-,24-/m0/s1. The van der Waals surface area contributed by atoms with Gasteiger partial charge in [0.15, 0.2) is 0 Å². The van der Waals surface area contributed by atoms with Crippen molar-refractivity contribution in [1.29, 1.82) is 0 Å². The lowest BCUT2D eigenvalue weighted by Crippen LogP contribution is -2.47. The number of benzene rings is 2. The van der Waals surface area contributed by atoms with Gasteiger partial charge in [0, 0.05) is 37.0 Å². The van der Waals surface area contributed by atoms with Crippen molar-refractivity contribution in [3.05, 3.63) is 71.3 Å². The molecule has 0 radical (unpaired) electrons. The summed E-state index contributed by atoms with van der Waals surface area (Å²) in [6.45, 7) is 2.19. The third-order valence-corrected chi connectivity index (χ3v) is 6.30. The molecule has 2 heterocycles. The third-order valence-electron chi connectivity index (χ3n) is 6.30. The average molecular weight is 377 g/mol. The minimum atomic E-state index is -0.416. The lowest BCUT2D eigenvalue weighted by atomic mass is 9.76. The number of likely N-dealkylation sites (tertiary alicyclic amines) is 1. The summed E-state index contributed by atoms with van der Waals surface area (Å²) >= 11 is 0. The highest BCUT2D eigenvalue weighted by atomic mass is 16.3. The zero-order valence-electron chi connectivity index (χ0n) is 16.3. The van der Waals surface area contributed by atoms with Crippen molar-refractivity contribution in [2.24, 2.45) is 11.8 Å². The predicted molar refractivity (Wildman–Crippen MR) is 111 cm³/mol. The molecule has 0 spiro atoms. The second-order valence-corrected chi connectivity index (χ2v) is 8.01. The van der Waals surface area contributed by atoms with Gasteiger partial charge in [0.05, 0.1) is 18.8 Å². The summed E-state index contributed by atoms with van der Waals surface area (Å²) in [7, 11) is 2.17. The number of hydrogen-bond acceptors (Lipinski definition) is 4. The Morgan fingerprint density at radius 1 is 1.07 bits per heavy atom. The molecule has 4 atom stereocenters.